The van der Waals surface area contributed by atoms with Crippen LogP contribution in [0.15, 0.2) is 60.7 Å². The lowest BCUT2D eigenvalue weighted by molar-refractivity contribution is -0.118. The second-order valence-electron chi connectivity index (χ2n) is 7.56. The maximum atomic E-state index is 12.9. The van der Waals surface area contributed by atoms with Crippen LogP contribution in [0.2, 0.25) is 0 Å². The van der Waals surface area contributed by atoms with Gasteiger partial charge in [-0.15, -0.1) is 0 Å². The Kier molecular flexibility index (Phi) is 6.95. The Balaban J connectivity index is 2.18. The van der Waals surface area contributed by atoms with Gasteiger partial charge in [0.15, 0.2) is 0 Å². The molecular formula is C22H30N2O2. The molecule has 26 heavy (non-hydrogen) atoms. The van der Waals surface area contributed by atoms with Crippen molar-refractivity contribution >= 4 is 11.6 Å². The highest BCUT2D eigenvalue weighted by Crippen LogP contribution is 2.32. The number of hydrogen-bond donors (Lipinski definition) is 2. The first-order chi connectivity index (χ1) is 12.4. The first-order valence-corrected chi connectivity index (χ1v) is 9.13. The largest absolute Gasteiger partial charge is 0.396 e. The molecule has 1 amide bonds. The van der Waals surface area contributed by atoms with Gasteiger partial charge in [0.25, 0.3) is 0 Å². The summed E-state index contributed by atoms with van der Waals surface area (Å²) in [7, 11) is 0. The maximum absolute atomic E-state index is 12.9. The van der Waals surface area contributed by atoms with Crippen molar-refractivity contribution in [2.24, 2.45) is 5.41 Å². The molecule has 0 aliphatic heterocycles. The molecule has 0 unspecified atom stereocenters. The first-order valence-electron chi connectivity index (χ1n) is 9.13. The molecule has 0 fully saturated rings. The van der Waals surface area contributed by atoms with Crippen LogP contribution in [0, 0.1) is 5.41 Å². The van der Waals surface area contributed by atoms with Crippen LogP contribution in [0.5, 0.6) is 0 Å². The molecule has 0 radical (unpaired) electrons. The Morgan fingerprint density at radius 2 is 1.58 bits per heavy atom. The molecule has 4 nitrogen and oxygen atoms in total. The number of hydrogen-bond acceptors (Lipinski definition) is 3. The van der Waals surface area contributed by atoms with E-state index in [4.69, 9.17) is 0 Å². The van der Waals surface area contributed by atoms with Gasteiger partial charge >= 0.3 is 0 Å². The highest BCUT2D eigenvalue weighted by Gasteiger charge is 2.31. The fourth-order valence-corrected chi connectivity index (χ4v) is 3.18. The summed E-state index contributed by atoms with van der Waals surface area (Å²) in [6, 6.07) is 19.6. The summed E-state index contributed by atoms with van der Waals surface area (Å²) in [5.74, 6) is 0.0147. The van der Waals surface area contributed by atoms with Gasteiger partial charge in [0.2, 0.25) is 5.91 Å². The molecule has 0 aliphatic carbocycles. The average Bonchev–Trinajstić information content (AvgIpc) is 2.63. The van der Waals surface area contributed by atoms with E-state index in [1.807, 2.05) is 88.4 Å². The molecule has 140 valence electrons. The molecule has 0 saturated carbocycles. The number of amides is 1. The predicted molar refractivity (Wildman–Crippen MR) is 107 cm³/mol. The zero-order valence-electron chi connectivity index (χ0n) is 16.1. The van der Waals surface area contributed by atoms with Crippen LogP contribution in [0.3, 0.4) is 0 Å². The summed E-state index contributed by atoms with van der Waals surface area (Å²) in [6.45, 7) is 8.25. The van der Waals surface area contributed by atoms with E-state index in [-0.39, 0.29) is 31.1 Å². The number of aliphatic hydroxyl groups excluding tert-OH is 1. The predicted octanol–water partition coefficient (Wildman–Crippen LogP) is 3.78. The van der Waals surface area contributed by atoms with Crippen molar-refractivity contribution in [1.82, 2.24) is 5.32 Å². The highest BCUT2D eigenvalue weighted by atomic mass is 16.3. The van der Waals surface area contributed by atoms with Crippen molar-refractivity contribution in [1.29, 1.82) is 0 Å². The zero-order valence-corrected chi connectivity index (χ0v) is 16.1. The minimum Gasteiger partial charge on any atom is -0.396 e. The molecule has 1 atom stereocenters. The Bertz CT molecular complexity index is 684. The van der Waals surface area contributed by atoms with Crippen molar-refractivity contribution in [3.63, 3.8) is 0 Å². The normalized spacial score (nSPS) is 12.8. The third kappa shape index (κ3) is 4.93. The fourth-order valence-electron chi connectivity index (χ4n) is 3.18. The molecule has 0 saturated heterocycles. The number of aliphatic hydroxyl groups is 1. The second-order valence-corrected chi connectivity index (χ2v) is 7.56. The number of carbonyl (C=O) groups excluding carboxylic acids is 1. The van der Waals surface area contributed by atoms with Gasteiger partial charge in [-0.25, -0.2) is 0 Å². The lowest BCUT2D eigenvalue weighted by Crippen LogP contribution is -2.46. The lowest BCUT2D eigenvalue weighted by Gasteiger charge is -2.35. The number of carbonyl (C=O) groups is 1. The summed E-state index contributed by atoms with van der Waals surface area (Å²) < 4.78 is 0. The van der Waals surface area contributed by atoms with Crippen LogP contribution in [0.4, 0.5) is 5.69 Å². The molecule has 0 bridgehead atoms. The van der Waals surface area contributed by atoms with Crippen molar-refractivity contribution in [2.75, 3.05) is 18.1 Å². The number of benzene rings is 2. The molecular weight excluding hydrogens is 324 g/mol. The van der Waals surface area contributed by atoms with E-state index in [1.54, 1.807) is 4.90 Å². The SMILES string of the molecule is CC(C)N(C(=O)CN[C@@H](c1ccccc1)C(C)(C)CO)c1ccccc1. The molecule has 2 N–H and O–H groups in total. The van der Waals surface area contributed by atoms with Crippen molar-refractivity contribution in [3.05, 3.63) is 66.2 Å². The van der Waals surface area contributed by atoms with E-state index < -0.39 is 5.41 Å². The van der Waals surface area contributed by atoms with Crippen LogP contribution in [-0.4, -0.2) is 30.2 Å². The Morgan fingerprint density at radius 3 is 2.08 bits per heavy atom. The van der Waals surface area contributed by atoms with E-state index in [0.29, 0.717) is 0 Å². The van der Waals surface area contributed by atoms with Crippen molar-refractivity contribution in [3.8, 4) is 0 Å². The summed E-state index contributed by atoms with van der Waals surface area (Å²) in [4.78, 5) is 14.7. The summed E-state index contributed by atoms with van der Waals surface area (Å²) >= 11 is 0. The monoisotopic (exact) mass is 354 g/mol. The minimum absolute atomic E-state index is 0.0147. The Morgan fingerprint density at radius 1 is 1.04 bits per heavy atom. The molecule has 0 heterocycles. The fraction of sp³-hybridized carbons (Fsp3) is 0.409. The average molecular weight is 354 g/mol. The van der Waals surface area contributed by atoms with Crippen molar-refractivity contribution in [2.45, 2.75) is 39.8 Å². The molecule has 2 aromatic rings. The molecule has 4 heteroatoms. The van der Waals surface area contributed by atoms with Gasteiger partial charge in [-0.3, -0.25) is 4.79 Å². The van der Waals surface area contributed by atoms with Crippen LogP contribution in [0.1, 0.15) is 39.3 Å². The van der Waals surface area contributed by atoms with E-state index in [2.05, 4.69) is 5.32 Å². The van der Waals surface area contributed by atoms with Gasteiger partial charge in [-0.1, -0.05) is 62.4 Å². The summed E-state index contributed by atoms with van der Waals surface area (Å²) in [5.41, 5.74) is 1.57. The van der Waals surface area contributed by atoms with E-state index in [0.717, 1.165) is 11.3 Å². The highest BCUT2D eigenvalue weighted by molar-refractivity contribution is 5.95. The van der Waals surface area contributed by atoms with Crippen LogP contribution in [-0.2, 0) is 4.79 Å². The number of nitrogens with one attached hydrogen (secondary N) is 1. The Labute approximate surface area is 156 Å². The second kappa shape index (κ2) is 8.97. The van der Waals surface area contributed by atoms with Crippen LogP contribution >= 0.6 is 0 Å². The van der Waals surface area contributed by atoms with E-state index in [9.17, 15) is 9.90 Å². The summed E-state index contributed by atoms with van der Waals surface area (Å²) in [5, 5.41) is 13.2. The molecule has 0 spiro atoms. The van der Waals surface area contributed by atoms with Crippen LogP contribution < -0.4 is 10.2 Å². The van der Waals surface area contributed by atoms with Gasteiger partial charge in [0, 0.05) is 29.8 Å². The van der Waals surface area contributed by atoms with Crippen LogP contribution in [0.25, 0.3) is 0 Å². The topological polar surface area (TPSA) is 52.6 Å². The van der Waals surface area contributed by atoms with E-state index >= 15 is 0 Å². The molecule has 0 aliphatic rings. The van der Waals surface area contributed by atoms with E-state index in [1.165, 1.54) is 0 Å². The standard InChI is InChI=1S/C22H30N2O2/c1-17(2)24(19-13-9-6-10-14-19)20(26)15-23-21(22(3,4)16-25)18-11-7-5-8-12-18/h5-14,17,21,23,25H,15-16H2,1-4H3/t21-/m0/s1. The quantitative estimate of drug-likeness (QED) is 0.758. The molecule has 2 rings (SSSR count). The molecule has 0 aromatic heterocycles. The zero-order chi connectivity index (χ0) is 19.2. The third-order valence-electron chi connectivity index (χ3n) is 4.60. The van der Waals surface area contributed by atoms with Gasteiger partial charge in [0.05, 0.1) is 6.54 Å². The van der Waals surface area contributed by atoms with Gasteiger partial charge in [-0.05, 0) is 31.5 Å². The lowest BCUT2D eigenvalue weighted by atomic mass is 9.81. The summed E-state index contributed by atoms with van der Waals surface area (Å²) in [6.07, 6.45) is 0. The minimum atomic E-state index is -0.392. The van der Waals surface area contributed by atoms with Gasteiger partial charge < -0.3 is 15.3 Å². The number of para-hydroxylation sites is 1. The van der Waals surface area contributed by atoms with Gasteiger partial charge in [0.1, 0.15) is 0 Å². The number of rotatable bonds is 8. The molecule has 2 aromatic carbocycles. The Hall–Kier alpha value is -2.17. The first kappa shape index (κ1) is 20.1. The van der Waals surface area contributed by atoms with Crippen molar-refractivity contribution < 1.29 is 9.90 Å². The number of anilines is 1. The smallest absolute Gasteiger partial charge is 0.241 e. The third-order valence-corrected chi connectivity index (χ3v) is 4.60. The van der Waals surface area contributed by atoms with Gasteiger partial charge in [-0.2, -0.15) is 0 Å². The maximum Gasteiger partial charge on any atom is 0.241 e. The number of nitrogens with zero attached hydrogens (tertiary/aromatic N) is 1.